The summed E-state index contributed by atoms with van der Waals surface area (Å²) in [4.78, 5) is 12.3. The van der Waals surface area contributed by atoms with E-state index in [1.54, 1.807) is 20.8 Å². The van der Waals surface area contributed by atoms with Crippen LogP contribution in [0.3, 0.4) is 0 Å². The highest BCUT2D eigenvalue weighted by molar-refractivity contribution is 7.58. The summed E-state index contributed by atoms with van der Waals surface area (Å²) in [6, 6.07) is 19.2. The van der Waals surface area contributed by atoms with Crippen molar-refractivity contribution in [2.24, 2.45) is 0 Å². The fourth-order valence-electron chi connectivity index (χ4n) is 3.98. The number of hydrogen-bond donors (Lipinski definition) is 0. The van der Waals surface area contributed by atoms with Gasteiger partial charge in [0.05, 0.1) is 33.0 Å². The predicted molar refractivity (Wildman–Crippen MR) is 141 cm³/mol. The summed E-state index contributed by atoms with van der Waals surface area (Å²) in [5.41, 5.74) is 1.88. The van der Waals surface area contributed by atoms with Crippen LogP contribution in [-0.2, 0) is 55.3 Å². The van der Waals surface area contributed by atoms with Crippen molar-refractivity contribution in [3.05, 3.63) is 82.9 Å². The van der Waals surface area contributed by atoms with Crippen molar-refractivity contribution < 1.29 is 42.1 Å². The van der Waals surface area contributed by atoms with Gasteiger partial charge in [0.1, 0.15) is 17.5 Å². The van der Waals surface area contributed by atoms with Crippen LogP contribution in [0.25, 0.3) is 0 Å². The van der Waals surface area contributed by atoms with Crippen LogP contribution >= 0.6 is 7.60 Å². The van der Waals surface area contributed by atoms with E-state index in [4.69, 9.17) is 32.7 Å². The van der Waals surface area contributed by atoms with Gasteiger partial charge in [-0.05, 0) is 31.9 Å². The highest BCUT2D eigenvalue weighted by Crippen LogP contribution is 2.61. The fourth-order valence-corrected chi connectivity index (χ4v) is 5.85. The molecule has 1 heterocycles. The molecule has 0 aromatic heterocycles. The highest BCUT2D eigenvalue weighted by Gasteiger charge is 2.50. The smallest absolute Gasteiger partial charge is 0.365 e. The monoisotopic (exact) mass is 548 g/mol. The van der Waals surface area contributed by atoms with Crippen LogP contribution in [0.4, 0.5) is 0 Å². The molecule has 0 unspecified atom stereocenters. The molecule has 38 heavy (non-hydrogen) atoms. The molecule has 0 saturated heterocycles. The zero-order valence-corrected chi connectivity index (χ0v) is 23.3. The van der Waals surface area contributed by atoms with Gasteiger partial charge in [0, 0.05) is 13.5 Å². The molecule has 0 radical (unpaired) electrons. The predicted octanol–water partition coefficient (Wildman–Crippen LogP) is 5.59. The van der Waals surface area contributed by atoms with Crippen molar-refractivity contribution >= 4 is 13.6 Å². The summed E-state index contributed by atoms with van der Waals surface area (Å²) in [5, 5.41) is -0.0179. The molecule has 9 nitrogen and oxygen atoms in total. The Labute approximate surface area is 224 Å². The van der Waals surface area contributed by atoms with Gasteiger partial charge in [-0.25, -0.2) is 0 Å². The summed E-state index contributed by atoms with van der Waals surface area (Å²) >= 11 is 0. The quantitative estimate of drug-likeness (QED) is 0.208. The van der Waals surface area contributed by atoms with Crippen LogP contribution in [0.15, 0.2) is 71.7 Å². The van der Waals surface area contributed by atoms with Gasteiger partial charge in [-0.1, -0.05) is 60.7 Å². The molecule has 3 rings (SSSR count). The van der Waals surface area contributed by atoms with Crippen molar-refractivity contribution in [1.29, 1.82) is 0 Å². The average Bonchev–Trinajstić information content (AvgIpc) is 2.89. The number of carbonyl (C=O) groups excluding carboxylic acids is 1. The number of hydrogen-bond acceptors (Lipinski definition) is 9. The molecule has 10 heteroatoms. The van der Waals surface area contributed by atoms with E-state index in [1.807, 2.05) is 60.7 Å². The summed E-state index contributed by atoms with van der Waals surface area (Å²) in [6.07, 6.45) is -2.88. The summed E-state index contributed by atoms with van der Waals surface area (Å²) in [5.74, 6) is -0.622. The van der Waals surface area contributed by atoms with Gasteiger partial charge in [0.2, 0.25) is 0 Å². The Hall–Kier alpha value is -2.36. The van der Waals surface area contributed by atoms with Crippen LogP contribution in [0, 0.1) is 0 Å². The Morgan fingerprint density at radius 3 is 1.95 bits per heavy atom. The topological polar surface area (TPSA) is 98.8 Å². The Morgan fingerprint density at radius 2 is 1.42 bits per heavy atom. The van der Waals surface area contributed by atoms with Crippen molar-refractivity contribution in [2.75, 3.05) is 26.4 Å². The van der Waals surface area contributed by atoms with Gasteiger partial charge in [-0.15, -0.1) is 0 Å². The standard InChI is InChI=1S/C28H37O9P/c1-5-32-28-27(38(30,34-6-2)35-7-3)26(36-21(4)29)25(33-19-23-16-12-9-13-17-23)24(37-28)20-31-18-22-14-10-8-11-15-22/h8-17,24-25,28H,5-7,18-20H2,1-4H3/t24-,25+,28+/m1/s1. The Kier molecular flexibility index (Phi) is 12.1. The Bertz CT molecular complexity index is 1060. The fraction of sp³-hybridized carbons (Fsp3) is 0.464. The minimum atomic E-state index is -3.99. The van der Waals surface area contributed by atoms with E-state index in [0.29, 0.717) is 6.61 Å². The molecule has 0 saturated carbocycles. The van der Waals surface area contributed by atoms with Crippen molar-refractivity contribution in [2.45, 2.75) is 59.4 Å². The lowest BCUT2D eigenvalue weighted by atomic mass is 10.1. The molecular weight excluding hydrogens is 511 g/mol. The minimum absolute atomic E-state index is 0.00308. The van der Waals surface area contributed by atoms with E-state index < -0.39 is 32.1 Å². The van der Waals surface area contributed by atoms with Gasteiger partial charge in [-0.3, -0.25) is 9.36 Å². The number of rotatable bonds is 15. The van der Waals surface area contributed by atoms with Crippen LogP contribution in [0.2, 0.25) is 0 Å². The third kappa shape index (κ3) is 8.32. The first kappa shape index (κ1) is 30.2. The number of ether oxygens (including phenoxy) is 5. The largest absolute Gasteiger partial charge is 0.427 e. The molecule has 0 aliphatic carbocycles. The van der Waals surface area contributed by atoms with Gasteiger partial charge in [0.15, 0.2) is 12.0 Å². The molecule has 2 aromatic rings. The van der Waals surface area contributed by atoms with Crippen LogP contribution in [0.1, 0.15) is 38.8 Å². The van der Waals surface area contributed by atoms with E-state index in [1.165, 1.54) is 6.92 Å². The minimum Gasteiger partial charge on any atom is -0.427 e. The third-order valence-corrected chi connectivity index (χ3v) is 7.72. The molecule has 1 aliphatic heterocycles. The zero-order chi connectivity index (χ0) is 27.4. The first-order chi connectivity index (χ1) is 18.4. The Morgan fingerprint density at radius 1 is 0.842 bits per heavy atom. The molecule has 0 bridgehead atoms. The second kappa shape index (κ2) is 15.3. The lowest BCUT2D eigenvalue weighted by Crippen LogP contribution is -2.47. The first-order valence-electron chi connectivity index (χ1n) is 12.8. The second-order valence-corrected chi connectivity index (χ2v) is 10.3. The third-order valence-electron chi connectivity index (χ3n) is 5.50. The molecule has 2 aromatic carbocycles. The highest BCUT2D eigenvalue weighted by atomic mass is 31.2. The zero-order valence-electron chi connectivity index (χ0n) is 22.4. The van der Waals surface area contributed by atoms with Crippen LogP contribution in [-0.4, -0.2) is 50.9 Å². The van der Waals surface area contributed by atoms with Gasteiger partial charge in [0.25, 0.3) is 0 Å². The van der Waals surface area contributed by atoms with E-state index in [0.717, 1.165) is 11.1 Å². The summed E-state index contributed by atoms with van der Waals surface area (Å²) in [7, 11) is -3.99. The number of esters is 1. The molecular formula is C28H37O9P. The van der Waals surface area contributed by atoms with Crippen molar-refractivity contribution in [3.63, 3.8) is 0 Å². The lowest BCUT2D eigenvalue weighted by Gasteiger charge is -2.39. The van der Waals surface area contributed by atoms with Crippen LogP contribution in [0.5, 0.6) is 0 Å². The van der Waals surface area contributed by atoms with Gasteiger partial charge in [-0.2, -0.15) is 0 Å². The molecule has 0 spiro atoms. The SMILES string of the molecule is CCO[C@H]1O[C@H](COCc2ccccc2)[C@H](OCc2ccccc2)C(OC(C)=O)=C1P(=O)(OCC)OCC. The first-order valence-corrected chi connectivity index (χ1v) is 14.3. The molecule has 208 valence electrons. The normalized spacial score (nSPS) is 19.9. The molecule has 0 N–H and O–H groups in total. The number of carbonyl (C=O) groups is 1. The Balaban J connectivity index is 2.03. The van der Waals surface area contributed by atoms with E-state index >= 15 is 0 Å². The summed E-state index contributed by atoms with van der Waals surface area (Å²) in [6.45, 7) is 7.43. The maximum atomic E-state index is 14.0. The van der Waals surface area contributed by atoms with Gasteiger partial charge >= 0.3 is 13.6 Å². The van der Waals surface area contributed by atoms with Gasteiger partial charge < -0.3 is 32.7 Å². The van der Waals surface area contributed by atoms with Crippen LogP contribution < -0.4 is 0 Å². The molecule has 0 amide bonds. The lowest BCUT2D eigenvalue weighted by molar-refractivity contribution is -0.209. The average molecular weight is 549 g/mol. The summed E-state index contributed by atoms with van der Waals surface area (Å²) < 4.78 is 55.3. The molecule has 3 atom stereocenters. The maximum absolute atomic E-state index is 14.0. The van der Waals surface area contributed by atoms with Crippen molar-refractivity contribution in [1.82, 2.24) is 0 Å². The van der Waals surface area contributed by atoms with E-state index in [9.17, 15) is 9.36 Å². The number of benzene rings is 2. The second-order valence-electron chi connectivity index (χ2n) is 8.36. The molecule has 1 aliphatic rings. The molecule has 0 fully saturated rings. The van der Waals surface area contributed by atoms with Crippen molar-refractivity contribution in [3.8, 4) is 0 Å². The van der Waals surface area contributed by atoms with E-state index in [-0.39, 0.29) is 44.1 Å². The van der Waals surface area contributed by atoms with E-state index in [2.05, 4.69) is 0 Å². The maximum Gasteiger partial charge on any atom is 0.365 e.